The third kappa shape index (κ3) is 3.46. The predicted molar refractivity (Wildman–Crippen MR) is 109 cm³/mol. The second kappa shape index (κ2) is 7.48. The van der Waals surface area contributed by atoms with Crippen molar-refractivity contribution in [1.29, 1.82) is 0 Å². The van der Waals surface area contributed by atoms with Crippen LogP contribution in [0.4, 0.5) is 0 Å². The molecule has 0 aliphatic carbocycles. The first-order chi connectivity index (χ1) is 14.2. The summed E-state index contributed by atoms with van der Waals surface area (Å²) in [7, 11) is 0. The average Bonchev–Trinajstić information content (AvgIpc) is 3.36. The summed E-state index contributed by atoms with van der Waals surface area (Å²) in [6.07, 6.45) is 4.87. The zero-order valence-electron chi connectivity index (χ0n) is 16.3. The summed E-state index contributed by atoms with van der Waals surface area (Å²) in [5.41, 5.74) is 3.76. The minimum atomic E-state index is -0.120. The molecule has 1 N–H and O–H groups in total. The Morgan fingerprint density at radius 1 is 1.31 bits per heavy atom. The lowest BCUT2D eigenvalue weighted by Crippen LogP contribution is -2.41. The molecule has 29 heavy (non-hydrogen) atoms. The fraction of sp³-hybridized carbons (Fsp3) is 0.409. The highest BCUT2D eigenvalue weighted by Crippen LogP contribution is 2.23. The number of carbonyl (C=O) groups excluding carboxylic acids is 1. The highest BCUT2D eigenvalue weighted by molar-refractivity contribution is 5.89. The predicted octanol–water partition coefficient (Wildman–Crippen LogP) is 2.03. The quantitative estimate of drug-likeness (QED) is 0.737. The molecule has 1 amide bonds. The third-order valence-corrected chi connectivity index (χ3v) is 6.00. The molecule has 5 rings (SSSR count). The highest BCUT2D eigenvalue weighted by Gasteiger charge is 2.30. The maximum Gasteiger partial charge on any atom is 0.267 e. The lowest BCUT2D eigenvalue weighted by Gasteiger charge is -2.25. The number of hydrogen-bond acceptors (Lipinski definition) is 4. The molecule has 0 bridgehead atoms. The van der Waals surface area contributed by atoms with Gasteiger partial charge in [-0.2, -0.15) is 5.10 Å². The van der Waals surface area contributed by atoms with E-state index in [0.29, 0.717) is 26.2 Å². The minimum Gasteiger partial charge on any atom is -0.376 e. The van der Waals surface area contributed by atoms with Crippen molar-refractivity contribution < 1.29 is 9.53 Å². The van der Waals surface area contributed by atoms with Crippen LogP contribution < -0.4 is 5.56 Å². The Labute approximate surface area is 168 Å². The second-order valence-corrected chi connectivity index (χ2v) is 7.86. The van der Waals surface area contributed by atoms with Crippen LogP contribution in [0, 0.1) is 0 Å². The molecule has 7 nitrogen and oxygen atoms in total. The van der Waals surface area contributed by atoms with E-state index in [0.717, 1.165) is 53.5 Å². The molecule has 1 aromatic carbocycles. The number of ether oxygens (including phenoxy) is 1. The van der Waals surface area contributed by atoms with Crippen molar-refractivity contribution in [2.45, 2.75) is 44.9 Å². The van der Waals surface area contributed by atoms with Crippen molar-refractivity contribution in [3.8, 4) is 0 Å². The summed E-state index contributed by atoms with van der Waals surface area (Å²) in [5.74, 6) is 0.108. The van der Waals surface area contributed by atoms with Gasteiger partial charge in [0.2, 0.25) is 5.91 Å². The molecule has 0 saturated carbocycles. The molecular weight excluding hydrogens is 368 g/mol. The molecule has 2 aromatic heterocycles. The van der Waals surface area contributed by atoms with E-state index in [4.69, 9.17) is 4.74 Å². The van der Waals surface area contributed by atoms with Gasteiger partial charge in [-0.3, -0.25) is 9.59 Å². The molecule has 3 aromatic rings. The van der Waals surface area contributed by atoms with E-state index in [-0.39, 0.29) is 17.5 Å². The number of aromatic amines is 1. The number of amides is 1. The first-order valence-corrected chi connectivity index (χ1v) is 10.2. The van der Waals surface area contributed by atoms with E-state index in [1.165, 1.54) is 4.68 Å². The van der Waals surface area contributed by atoms with Crippen molar-refractivity contribution in [2.75, 3.05) is 13.2 Å². The molecule has 1 fully saturated rings. The summed E-state index contributed by atoms with van der Waals surface area (Å²) in [6, 6.07) is 9.67. The summed E-state index contributed by atoms with van der Waals surface area (Å²) in [5, 5.41) is 5.66. The van der Waals surface area contributed by atoms with Crippen LogP contribution in [-0.4, -0.2) is 44.8 Å². The van der Waals surface area contributed by atoms with Gasteiger partial charge < -0.3 is 14.6 Å². The topological polar surface area (TPSA) is 80.2 Å². The van der Waals surface area contributed by atoms with Crippen molar-refractivity contribution in [2.24, 2.45) is 0 Å². The molecule has 0 radical (unpaired) electrons. The van der Waals surface area contributed by atoms with E-state index in [2.05, 4.69) is 10.1 Å². The van der Waals surface area contributed by atoms with Gasteiger partial charge in [0, 0.05) is 41.7 Å². The lowest BCUT2D eigenvalue weighted by atomic mass is 10.1. The van der Waals surface area contributed by atoms with E-state index >= 15 is 0 Å². The van der Waals surface area contributed by atoms with Gasteiger partial charge in [-0.15, -0.1) is 0 Å². The number of rotatable bonds is 4. The van der Waals surface area contributed by atoms with Crippen molar-refractivity contribution in [3.63, 3.8) is 0 Å². The standard InChI is InChI=1S/C22H24N4O3/c27-21(10-15-12-23-20-6-2-1-5-18(15)20)25-8-3-4-17(25)13-26-22(28)11-16-14-29-9-7-19(16)24-26/h1-2,5-6,11-12,17,23H,3-4,7-10,13-14H2. The molecule has 4 heterocycles. The monoisotopic (exact) mass is 392 g/mol. The number of aromatic nitrogens is 3. The number of benzene rings is 1. The van der Waals surface area contributed by atoms with Crippen LogP contribution in [0.15, 0.2) is 41.3 Å². The maximum absolute atomic E-state index is 13.1. The number of fused-ring (bicyclic) bond motifs is 2. The molecule has 2 aliphatic heterocycles. The number of likely N-dealkylation sites (tertiary alicyclic amines) is 1. The molecule has 1 unspecified atom stereocenters. The molecule has 0 spiro atoms. The van der Waals surface area contributed by atoms with Crippen molar-refractivity contribution in [1.82, 2.24) is 19.7 Å². The molecule has 150 valence electrons. The van der Waals surface area contributed by atoms with Crippen LogP contribution in [0.2, 0.25) is 0 Å². The van der Waals surface area contributed by atoms with Gasteiger partial charge in [0.05, 0.1) is 37.9 Å². The Hall–Kier alpha value is -2.93. The van der Waals surface area contributed by atoms with Gasteiger partial charge in [0.1, 0.15) is 0 Å². The van der Waals surface area contributed by atoms with Crippen LogP contribution >= 0.6 is 0 Å². The summed E-state index contributed by atoms with van der Waals surface area (Å²) < 4.78 is 6.94. The van der Waals surface area contributed by atoms with E-state index in [1.54, 1.807) is 6.07 Å². The Morgan fingerprint density at radius 2 is 2.21 bits per heavy atom. The second-order valence-electron chi connectivity index (χ2n) is 7.86. The van der Waals surface area contributed by atoms with Crippen LogP contribution in [0.1, 0.15) is 29.7 Å². The van der Waals surface area contributed by atoms with Crippen molar-refractivity contribution >= 4 is 16.8 Å². The Bertz CT molecular complexity index is 1120. The summed E-state index contributed by atoms with van der Waals surface area (Å²) >= 11 is 0. The SMILES string of the molecule is O=C(Cc1c[nH]c2ccccc12)N1CCCC1Cn1nc2c(cc1=O)COCC2. The zero-order chi connectivity index (χ0) is 19.8. The average molecular weight is 392 g/mol. The molecule has 2 aliphatic rings. The van der Waals surface area contributed by atoms with Crippen LogP contribution in [0.25, 0.3) is 10.9 Å². The number of H-pyrrole nitrogens is 1. The maximum atomic E-state index is 13.1. The zero-order valence-corrected chi connectivity index (χ0v) is 16.3. The smallest absolute Gasteiger partial charge is 0.267 e. The van der Waals surface area contributed by atoms with Crippen LogP contribution in [0.3, 0.4) is 0 Å². The van der Waals surface area contributed by atoms with Crippen LogP contribution in [-0.2, 0) is 35.5 Å². The fourth-order valence-electron chi connectivity index (χ4n) is 4.48. The van der Waals surface area contributed by atoms with E-state index in [1.807, 2.05) is 35.4 Å². The van der Waals surface area contributed by atoms with E-state index < -0.39 is 0 Å². The van der Waals surface area contributed by atoms with Gasteiger partial charge in [-0.1, -0.05) is 18.2 Å². The molecule has 1 atom stereocenters. The van der Waals surface area contributed by atoms with Gasteiger partial charge >= 0.3 is 0 Å². The molecular formula is C22H24N4O3. The number of nitrogens with one attached hydrogen (secondary N) is 1. The normalized spacial score (nSPS) is 18.9. The molecule has 7 heteroatoms. The van der Waals surface area contributed by atoms with E-state index in [9.17, 15) is 9.59 Å². The number of hydrogen-bond donors (Lipinski definition) is 1. The summed E-state index contributed by atoms with van der Waals surface area (Å²) in [4.78, 5) is 30.7. The first-order valence-electron chi connectivity index (χ1n) is 10.2. The van der Waals surface area contributed by atoms with Crippen molar-refractivity contribution in [3.05, 3.63) is 63.7 Å². The van der Waals surface area contributed by atoms with Gasteiger partial charge in [-0.25, -0.2) is 4.68 Å². The third-order valence-electron chi connectivity index (χ3n) is 6.00. The van der Waals surface area contributed by atoms with Gasteiger partial charge in [0.15, 0.2) is 0 Å². The molecule has 1 saturated heterocycles. The van der Waals surface area contributed by atoms with Crippen LogP contribution in [0.5, 0.6) is 0 Å². The van der Waals surface area contributed by atoms with Gasteiger partial charge in [0.25, 0.3) is 5.56 Å². The highest BCUT2D eigenvalue weighted by atomic mass is 16.5. The minimum absolute atomic E-state index is 0.01000. The number of nitrogens with zero attached hydrogens (tertiary/aromatic N) is 3. The fourth-order valence-corrected chi connectivity index (χ4v) is 4.48. The number of carbonyl (C=O) groups is 1. The Balaban J connectivity index is 1.34. The largest absolute Gasteiger partial charge is 0.376 e. The summed E-state index contributed by atoms with van der Waals surface area (Å²) in [6.45, 7) is 2.28. The Kier molecular flexibility index (Phi) is 4.67. The number of para-hydroxylation sites is 1. The van der Waals surface area contributed by atoms with Gasteiger partial charge in [-0.05, 0) is 24.5 Å². The Morgan fingerprint density at radius 3 is 3.14 bits per heavy atom. The first kappa shape index (κ1) is 18.1. The lowest BCUT2D eigenvalue weighted by molar-refractivity contribution is -0.131.